The summed E-state index contributed by atoms with van der Waals surface area (Å²) in [5, 5.41) is 4.32. The van der Waals surface area contributed by atoms with Crippen molar-refractivity contribution in [2.24, 2.45) is 0 Å². The Hall–Kier alpha value is -0.730. The molecule has 1 fully saturated rings. The van der Waals surface area contributed by atoms with Crippen molar-refractivity contribution >= 4 is 17.3 Å². The van der Waals surface area contributed by atoms with E-state index in [-0.39, 0.29) is 0 Å². The Morgan fingerprint density at radius 1 is 1.14 bits per heavy atom. The number of halogens is 1. The average Bonchev–Trinajstić information content (AvgIpc) is 2.30. The van der Waals surface area contributed by atoms with E-state index in [1.54, 1.807) is 0 Å². The number of piperazine rings is 1. The van der Waals surface area contributed by atoms with Gasteiger partial charge >= 0.3 is 0 Å². The minimum Gasteiger partial charge on any atom is -0.369 e. The van der Waals surface area contributed by atoms with Gasteiger partial charge in [0, 0.05) is 37.7 Å². The standard InChI is InChI=1S/C11H14ClN2/c12-9-10-1-3-11(4-2-10)14-7-5-13-6-8-14/h1-4H,5-9H2. The SMILES string of the molecule is ClCc1ccc(N2CC[N]CC2)cc1. The molecular formula is C11H14ClN2. The van der Waals surface area contributed by atoms with E-state index < -0.39 is 0 Å². The van der Waals surface area contributed by atoms with Crippen LogP contribution in [0.5, 0.6) is 0 Å². The Balaban J connectivity index is 2.07. The Morgan fingerprint density at radius 3 is 2.36 bits per heavy atom. The van der Waals surface area contributed by atoms with Crippen molar-refractivity contribution < 1.29 is 0 Å². The zero-order valence-electron chi connectivity index (χ0n) is 8.12. The fourth-order valence-electron chi connectivity index (χ4n) is 1.66. The van der Waals surface area contributed by atoms with Gasteiger partial charge in [-0.3, -0.25) is 0 Å². The summed E-state index contributed by atoms with van der Waals surface area (Å²) in [7, 11) is 0. The van der Waals surface area contributed by atoms with Gasteiger partial charge in [0.15, 0.2) is 0 Å². The van der Waals surface area contributed by atoms with Crippen LogP contribution >= 0.6 is 11.6 Å². The van der Waals surface area contributed by atoms with Gasteiger partial charge in [0.05, 0.1) is 0 Å². The van der Waals surface area contributed by atoms with E-state index in [9.17, 15) is 0 Å². The topological polar surface area (TPSA) is 17.3 Å². The lowest BCUT2D eigenvalue weighted by molar-refractivity contribution is 0.579. The van der Waals surface area contributed by atoms with Crippen molar-refractivity contribution in [2.45, 2.75) is 5.88 Å². The molecule has 0 atom stereocenters. The van der Waals surface area contributed by atoms with E-state index in [0.717, 1.165) is 26.2 Å². The molecule has 1 aliphatic rings. The van der Waals surface area contributed by atoms with Gasteiger partial charge in [0.25, 0.3) is 0 Å². The Morgan fingerprint density at radius 2 is 1.79 bits per heavy atom. The molecule has 1 aromatic carbocycles. The van der Waals surface area contributed by atoms with E-state index >= 15 is 0 Å². The van der Waals surface area contributed by atoms with Crippen molar-refractivity contribution in [3.05, 3.63) is 29.8 Å². The van der Waals surface area contributed by atoms with Gasteiger partial charge in [-0.25, -0.2) is 5.32 Å². The molecule has 0 amide bonds. The van der Waals surface area contributed by atoms with Crippen LogP contribution in [0, 0.1) is 0 Å². The second kappa shape index (κ2) is 4.67. The molecule has 75 valence electrons. The number of benzene rings is 1. The molecule has 1 radical (unpaired) electrons. The van der Waals surface area contributed by atoms with Crippen molar-refractivity contribution in [3.8, 4) is 0 Å². The number of alkyl halides is 1. The highest BCUT2D eigenvalue weighted by atomic mass is 35.5. The van der Waals surface area contributed by atoms with Gasteiger partial charge in [-0.1, -0.05) is 12.1 Å². The molecule has 0 aromatic heterocycles. The van der Waals surface area contributed by atoms with Gasteiger partial charge in [0.2, 0.25) is 0 Å². The summed E-state index contributed by atoms with van der Waals surface area (Å²) in [6.45, 7) is 3.99. The van der Waals surface area contributed by atoms with E-state index in [1.807, 2.05) is 0 Å². The van der Waals surface area contributed by atoms with Crippen LogP contribution in [0.3, 0.4) is 0 Å². The summed E-state index contributed by atoms with van der Waals surface area (Å²) >= 11 is 5.74. The van der Waals surface area contributed by atoms with E-state index in [1.165, 1.54) is 11.3 Å². The molecule has 0 bridgehead atoms. The number of hydrogen-bond donors (Lipinski definition) is 0. The molecule has 1 heterocycles. The van der Waals surface area contributed by atoms with Crippen LogP contribution < -0.4 is 10.2 Å². The predicted octanol–water partition coefficient (Wildman–Crippen LogP) is 1.85. The zero-order valence-corrected chi connectivity index (χ0v) is 8.87. The molecule has 14 heavy (non-hydrogen) atoms. The molecule has 2 rings (SSSR count). The number of nitrogens with zero attached hydrogens (tertiary/aromatic N) is 2. The summed E-state index contributed by atoms with van der Waals surface area (Å²) in [4.78, 5) is 2.37. The first-order chi connectivity index (χ1) is 6.90. The van der Waals surface area contributed by atoms with Crippen LogP contribution in [0.1, 0.15) is 5.56 Å². The lowest BCUT2D eigenvalue weighted by Gasteiger charge is -2.28. The largest absolute Gasteiger partial charge is 0.369 e. The molecule has 1 aromatic rings. The molecule has 2 nitrogen and oxygen atoms in total. The first-order valence-electron chi connectivity index (χ1n) is 4.93. The molecule has 0 spiro atoms. The third-order valence-corrected chi connectivity index (χ3v) is 2.82. The summed E-state index contributed by atoms with van der Waals surface area (Å²) in [6, 6.07) is 8.47. The van der Waals surface area contributed by atoms with E-state index in [0.29, 0.717) is 5.88 Å². The molecule has 0 unspecified atom stereocenters. The molecule has 3 heteroatoms. The molecule has 0 N–H and O–H groups in total. The molecule has 0 aliphatic carbocycles. The summed E-state index contributed by atoms with van der Waals surface area (Å²) < 4.78 is 0. The van der Waals surface area contributed by atoms with Crippen molar-refractivity contribution in [3.63, 3.8) is 0 Å². The van der Waals surface area contributed by atoms with Crippen molar-refractivity contribution in [1.82, 2.24) is 5.32 Å². The monoisotopic (exact) mass is 209 g/mol. The zero-order chi connectivity index (χ0) is 9.80. The Kier molecular flexibility index (Phi) is 3.27. The van der Waals surface area contributed by atoms with Gasteiger partial charge in [-0.05, 0) is 17.7 Å². The fourth-order valence-corrected chi connectivity index (χ4v) is 1.84. The fraction of sp³-hybridized carbons (Fsp3) is 0.455. The van der Waals surface area contributed by atoms with Crippen LogP contribution in [0.15, 0.2) is 24.3 Å². The van der Waals surface area contributed by atoms with Crippen LogP contribution in [-0.4, -0.2) is 26.2 Å². The maximum Gasteiger partial charge on any atom is 0.0474 e. The van der Waals surface area contributed by atoms with E-state index in [4.69, 9.17) is 11.6 Å². The summed E-state index contributed by atoms with van der Waals surface area (Å²) in [5.41, 5.74) is 2.46. The van der Waals surface area contributed by atoms with Crippen molar-refractivity contribution in [2.75, 3.05) is 31.1 Å². The van der Waals surface area contributed by atoms with Gasteiger partial charge in [-0.2, -0.15) is 0 Å². The lowest BCUT2D eigenvalue weighted by atomic mass is 10.2. The summed E-state index contributed by atoms with van der Waals surface area (Å²) in [5.74, 6) is 0.593. The van der Waals surface area contributed by atoms with Gasteiger partial charge < -0.3 is 4.90 Å². The highest BCUT2D eigenvalue weighted by molar-refractivity contribution is 6.17. The average molecular weight is 210 g/mol. The van der Waals surface area contributed by atoms with Crippen LogP contribution in [0.25, 0.3) is 0 Å². The number of rotatable bonds is 2. The maximum atomic E-state index is 5.74. The molecular weight excluding hydrogens is 196 g/mol. The van der Waals surface area contributed by atoms with Gasteiger partial charge in [-0.15, -0.1) is 11.6 Å². The summed E-state index contributed by atoms with van der Waals surface area (Å²) in [6.07, 6.45) is 0. The van der Waals surface area contributed by atoms with Crippen LogP contribution in [0.2, 0.25) is 0 Å². The molecule has 0 saturated carbocycles. The first kappa shape index (κ1) is 9.81. The normalized spacial score (nSPS) is 17.1. The van der Waals surface area contributed by atoms with Crippen LogP contribution in [-0.2, 0) is 5.88 Å². The number of hydrogen-bond acceptors (Lipinski definition) is 1. The quantitative estimate of drug-likeness (QED) is 0.680. The highest BCUT2D eigenvalue weighted by Crippen LogP contribution is 2.16. The van der Waals surface area contributed by atoms with E-state index in [2.05, 4.69) is 34.5 Å². The molecule has 1 saturated heterocycles. The Labute approximate surface area is 89.9 Å². The number of anilines is 1. The maximum absolute atomic E-state index is 5.74. The second-order valence-electron chi connectivity index (χ2n) is 3.46. The Bertz CT molecular complexity index is 278. The third-order valence-electron chi connectivity index (χ3n) is 2.51. The minimum absolute atomic E-state index is 0.593. The van der Waals surface area contributed by atoms with Crippen LogP contribution in [0.4, 0.5) is 5.69 Å². The highest BCUT2D eigenvalue weighted by Gasteiger charge is 2.10. The second-order valence-corrected chi connectivity index (χ2v) is 3.73. The van der Waals surface area contributed by atoms with Gasteiger partial charge in [0.1, 0.15) is 0 Å². The predicted molar refractivity (Wildman–Crippen MR) is 60.1 cm³/mol. The first-order valence-corrected chi connectivity index (χ1v) is 5.47. The third kappa shape index (κ3) is 2.20. The molecule has 1 aliphatic heterocycles. The smallest absolute Gasteiger partial charge is 0.0474 e. The van der Waals surface area contributed by atoms with Crippen molar-refractivity contribution in [1.29, 1.82) is 0 Å². The lowest BCUT2D eigenvalue weighted by Crippen LogP contribution is -2.40. The minimum atomic E-state index is 0.593.